The average Bonchev–Trinajstić information content (AvgIpc) is 2.39. The fourth-order valence-electron chi connectivity index (χ4n) is 1.61. The first-order valence-electron chi connectivity index (χ1n) is 5.46. The van der Waals surface area contributed by atoms with Crippen molar-refractivity contribution >= 4 is 5.78 Å². The summed E-state index contributed by atoms with van der Waals surface area (Å²) in [4.78, 5) is 12.1. The van der Waals surface area contributed by atoms with Gasteiger partial charge in [0.05, 0.1) is 7.11 Å². The number of carbonyl (C=O) groups excluding carboxylic acids is 1. The molecule has 94 valence electrons. The Morgan fingerprint density at radius 3 is 1.78 bits per heavy atom. The summed E-state index contributed by atoms with van der Waals surface area (Å²) in [7, 11) is 1.61. The van der Waals surface area contributed by atoms with Gasteiger partial charge in [-0.1, -0.05) is 37.3 Å². The minimum Gasteiger partial charge on any atom is -0.497 e. The van der Waals surface area contributed by atoms with Crippen LogP contribution < -0.4 is 4.74 Å². The van der Waals surface area contributed by atoms with Gasteiger partial charge in [0.25, 0.3) is 0 Å². The van der Waals surface area contributed by atoms with Gasteiger partial charge in [-0.25, -0.2) is 0 Å². The average molecular weight is 242 g/mol. The highest BCUT2D eigenvalue weighted by Crippen LogP contribution is 2.15. The number of rotatable bonds is 3. The molecule has 0 aliphatic heterocycles. The molecule has 0 aromatic heterocycles. The van der Waals surface area contributed by atoms with Crippen LogP contribution in [0.5, 0.6) is 5.75 Å². The summed E-state index contributed by atoms with van der Waals surface area (Å²) in [5.41, 5.74) is 2.53. The smallest absolute Gasteiger partial charge is 0.193 e. The van der Waals surface area contributed by atoms with Crippen LogP contribution in [0.4, 0.5) is 0 Å². The normalized spacial score (nSPS) is 9.44. The Morgan fingerprint density at radius 1 is 0.889 bits per heavy atom. The molecule has 18 heavy (non-hydrogen) atoms. The molecule has 0 heterocycles. The molecule has 0 saturated heterocycles. The first kappa shape index (κ1) is 14.0. The second-order valence-electron chi connectivity index (χ2n) is 3.92. The van der Waals surface area contributed by atoms with Crippen LogP contribution in [0, 0.1) is 6.92 Å². The molecular weight excluding hydrogens is 224 g/mol. The summed E-state index contributed by atoms with van der Waals surface area (Å²) in [6.45, 7) is 2.00. The predicted molar refractivity (Wildman–Crippen MR) is 74.3 cm³/mol. The third-order valence-corrected chi connectivity index (χ3v) is 2.67. The Hall–Kier alpha value is -2.09. The standard InChI is InChI=1S/C15H14O2.CH4/c1-11-3-5-12(6-4-11)15(16)13-7-9-14(17-2)10-8-13;/h3-10H,1-2H3;1H4. The summed E-state index contributed by atoms with van der Waals surface area (Å²) < 4.78 is 5.06. The topological polar surface area (TPSA) is 26.3 Å². The quantitative estimate of drug-likeness (QED) is 0.764. The van der Waals surface area contributed by atoms with Crippen molar-refractivity contribution < 1.29 is 9.53 Å². The lowest BCUT2D eigenvalue weighted by atomic mass is 10.0. The molecule has 0 radical (unpaired) electrons. The van der Waals surface area contributed by atoms with Crippen LogP contribution in [0.2, 0.25) is 0 Å². The minimum absolute atomic E-state index is 0. The molecule has 0 fully saturated rings. The van der Waals surface area contributed by atoms with Gasteiger partial charge >= 0.3 is 0 Å². The molecule has 0 aliphatic rings. The van der Waals surface area contributed by atoms with E-state index in [1.807, 2.05) is 31.2 Å². The second kappa shape index (κ2) is 6.01. The van der Waals surface area contributed by atoms with Gasteiger partial charge < -0.3 is 4.74 Å². The third-order valence-electron chi connectivity index (χ3n) is 2.67. The zero-order valence-corrected chi connectivity index (χ0v) is 9.94. The number of ether oxygens (including phenoxy) is 1. The zero-order chi connectivity index (χ0) is 12.3. The van der Waals surface area contributed by atoms with Gasteiger partial charge in [0, 0.05) is 11.1 Å². The summed E-state index contributed by atoms with van der Waals surface area (Å²) in [5.74, 6) is 0.790. The third kappa shape index (κ3) is 2.98. The lowest BCUT2D eigenvalue weighted by molar-refractivity contribution is 0.103. The van der Waals surface area contributed by atoms with E-state index in [0.29, 0.717) is 11.1 Å². The van der Waals surface area contributed by atoms with E-state index in [2.05, 4.69) is 0 Å². The van der Waals surface area contributed by atoms with Gasteiger partial charge in [-0.05, 0) is 31.2 Å². The summed E-state index contributed by atoms with van der Waals surface area (Å²) in [6.07, 6.45) is 0. The number of methoxy groups -OCH3 is 1. The van der Waals surface area contributed by atoms with E-state index in [9.17, 15) is 4.79 Å². The fourth-order valence-corrected chi connectivity index (χ4v) is 1.61. The van der Waals surface area contributed by atoms with Gasteiger partial charge in [0.1, 0.15) is 5.75 Å². The van der Waals surface area contributed by atoms with Gasteiger partial charge in [-0.15, -0.1) is 0 Å². The maximum Gasteiger partial charge on any atom is 0.193 e. The Morgan fingerprint density at radius 2 is 1.33 bits per heavy atom. The SMILES string of the molecule is C.COc1ccc(C(=O)c2ccc(C)cc2)cc1. The van der Waals surface area contributed by atoms with Crippen molar-refractivity contribution in [1.82, 2.24) is 0 Å². The maximum absolute atomic E-state index is 12.1. The number of benzene rings is 2. The van der Waals surface area contributed by atoms with Gasteiger partial charge in [-0.3, -0.25) is 4.79 Å². The highest BCUT2D eigenvalue weighted by Gasteiger charge is 2.08. The van der Waals surface area contributed by atoms with Crippen LogP contribution in [0.25, 0.3) is 0 Å². The van der Waals surface area contributed by atoms with E-state index in [-0.39, 0.29) is 13.2 Å². The molecule has 0 spiro atoms. The molecule has 0 atom stereocenters. The van der Waals surface area contributed by atoms with Gasteiger partial charge in [0.2, 0.25) is 0 Å². The van der Waals surface area contributed by atoms with Crippen molar-refractivity contribution in [3.8, 4) is 5.75 Å². The van der Waals surface area contributed by atoms with Crippen LogP contribution in [0.3, 0.4) is 0 Å². The van der Waals surface area contributed by atoms with Crippen molar-refractivity contribution in [2.45, 2.75) is 14.4 Å². The molecule has 2 rings (SSSR count). The first-order valence-corrected chi connectivity index (χ1v) is 5.46. The first-order chi connectivity index (χ1) is 8.20. The Labute approximate surface area is 108 Å². The van der Waals surface area contributed by atoms with E-state index in [4.69, 9.17) is 4.74 Å². The molecule has 2 heteroatoms. The molecule has 0 aliphatic carbocycles. The molecule has 0 amide bonds. The lowest BCUT2D eigenvalue weighted by Crippen LogP contribution is -2.00. The molecule has 0 saturated carbocycles. The Balaban J connectivity index is 0.00000162. The minimum atomic E-state index is 0. The maximum atomic E-state index is 12.1. The molecule has 2 aromatic carbocycles. The largest absolute Gasteiger partial charge is 0.497 e. The van der Waals surface area contributed by atoms with E-state index in [1.54, 1.807) is 31.4 Å². The lowest BCUT2D eigenvalue weighted by Gasteiger charge is -2.03. The van der Waals surface area contributed by atoms with Crippen molar-refractivity contribution in [3.63, 3.8) is 0 Å². The van der Waals surface area contributed by atoms with Gasteiger partial charge in [0.15, 0.2) is 5.78 Å². The molecule has 0 N–H and O–H groups in total. The molecular formula is C16H18O2. The van der Waals surface area contributed by atoms with Crippen LogP contribution in [-0.4, -0.2) is 12.9 Å². The van der Waals surface area contributed by atoms with Crippen molar-refractivity contribution in [1.29, 1.82) is 0 Å². The molecule has 0 unspecified atom stereocenters. The summed E-state index contributed by atoms with van der Waals surface area (Å²) in [5, 5.41) is 0. The van der Waals surface area contributed by atoms with Gasteiger partial charge in [-0.2, -0.15) is 0 Å². The predicted octanol–water partition coefficient (Wildman–Crippen LogP) is 3.87. The number of hydrogen-bond donors (Lipinski definition) is 0. The molecule has 2 aromatic rings. The number of ketones is 1. The molecule has 0 bridgehead atoms. The summed E-state index contributed by atoms with van der Waals surface area (Å²) >= 11 is 0. The highest BCUT2D eigenvalue weighted by molar-refractivity contribution is 6.09. The van der Waals surface area contributed by atoms with E-state index in [0.717, 1.165) is 11.3 Å². The zero-order valence-electron chi connectivity index (χ0n) is 9.94. The van der Waals surface area contributed by atoms with Crippen molar-refractivity contribution in [3.05, 3.63) is 65.2 Å². The van der Waals surface area contributed by atoms with Crippen LogP contribution in [0.15, 0.2) is 48.5 Å². The van der Waals surface area contributed by atoms with Crippen LogP contribution in [-0.2, 0) is 0 Å². The van der Waals surface area contributed by atoms with Crippen molar-refractivity contribution in [2.75, 3.05) is 7.11 Å². The summed E-state index contributed by atoms with van der Waals surface area (Å²) in [6, 6.07) is 14.7. The highest BCUT2D eigenvalue weighted by atomic mass is 16.5. The van der Waals surface area contributed by atoms with E-state index >= 15 is 0 Å². The molecule has 2 nitrogen and oxygen atoms in total. The second-order valence-corrected chi connectivity index (χ2v) is 3.92. The number of aryl methyl sites for hydroxylation is 1. The number of carbonyl (C=O) groups is 1. The Bertz CT molecular complexity index is 510. The fraction of sp³-hybridized carbons (Fsp3) is 0.188. The van der Waals surface area contributed by atoms with Crippen molar-refractivity contribution in [2.24, 2.45) is 0 Å². The number of hydrogen-bond acceptors (Lipinski definition) is 2. The van der Waals surface area contributed by atoms with Crippen LogP contribution >= 0.6 is 0 Å². The van der Waals surface area contributed by atoms with E-state index < -0.39 is 0 Å². The Kier molecular flexibility index (Phi) is 4.67. The van der Waals surface area contributed by atoms with E-state index in [1.165, 1.54) is 0 Å². The van der Waals surface area contributed by atoms with Crippen LogP contribution in [0.1, 0.15) is 28.9 Å². The monoisotopic (exact) mass is 242 g/mol.